The van der Waals surface area contributed by atoms with Gasteiger partial charge in [0.2, 0.25) is 5.91 Å². The number of rotatable bonds is 6. The molecule has 0 fully saturated rings. The van der Waals surface area contributed by atoms with Crippen molar-refractivity contribution in [3.05, 3.63) is 64.1 Å². The van der Waals surface area contributed by atoms with Gasteiger partial charge in [0.1, 0.15) is 24.1 Å². The smallest absolute Gasteiger partial charge is 0.253 e. The first-order valence-corrected chi connectivity index (χ1v) is 11.9. The van der Waals surface area contributed by atoms with Crippen LogP contribution >= 0.6 is 15.9 Å². The average molecular weight is 526 g/mol. The van der Waals surface area contributed by atoms with Crippen LogP contribution in [0, 0.1) is 6.92 Å². The summed E-state index contributed by atoms with van der Waals surface area (Å²) in [6, 6.07) is 14.4. The van der Waals surface area contributed by atoms with Crippen molar-refractivity contribution in [2.45, 2.75) is 32.5 Å². The van der Waals surface area contributed by atoms with E-state index in [-0.39, 0.29) is 25.0 Å². The molecule has 0 aromatic heterocycles. The predicted octanol–water partition coefficient (Wildman–Crippen LogP) is 3.94. The van der Waals surface area contributed by atoms with Crippen molar-refractivity contribution in [1.29, 1.82) is 0 Å². The van der Waals surface area contributed by atoms with Crippen molar-refractivity contribution in [2.75, 3.05) is 25.7 Å². The summed E-state index contributed by atoms with van der Waals surface area (Å²) in [5.41, 5.74) is 2.55. The van der Waals surface area contributed by atoms with Crippen LogP contribution in [0.25, 0.3) is 10.8 Å². The highest BCUT2D eigenvalue weighted by Gasteiger charge is 2.34. The topological polar surface area (TPSA) is 79.9 Å². The van der Waals surface area contributed by atoms with Gasteiger partial charge in [0, 0.05) is 10.0 Å². The lowest BCUT2D eigenvalue weighted by molar-refractivity contribution is -0.129. The minimum atomic E-state index is -0.828. The van der Waals surface area contributed by atoms with Gasteiger partial charge in [0.25, 0.3) is 5.91 Å². The zero-order valence-electron chi connectivity index (χ0n) is 19.6. The summed E-state index contributed by atoms with van der Waals surface area (Å²) in [5.74, 6) is 0.786. The Labute approximate surface area is 207 Å². The first-order valence-electron chi connectivity index (χ1n) is 11.1. The molecule has 34 heavy (non-hydrogen) atoms. The molecule has 4 rings (SSSR count). The van der Waals surface area contributed by atoms with Crippen LogP contribution in [0.5, 0.6) is 11.5 Å². The zero-order valence-corrected chi connectivity index (χ0v) is 21.2. The lowest BCUT2D eigenvalue weighted by atomic mass is 10.0. The Balaban J connectivity index is 1.79. The van der Waals surface area contributed by atoms with E-state index >= 15 is 0 Å². The quantitative estimate of drug-likeness (QED) is 0.509. The van der Waals surface area contributed by atoms with Gasteiger partial charge in [-0.3, -0.25) is 9.59 Å². The second-order valence-electron chi connectivity index (χ2n) is 8.39. The van der Waals surface area contributed by atoms with Crippen LogP contribution in [0.15, 0.2) is 53.0 Å². The van der Waals surface area contributed by atoms with Crippen LogP contribution < -0.4 is 25.0 Å². The van der Waals surface area contributed by atoms with Crippen LogP contribution in [-0.2, 0) is 16.1 Å². The fraction of sp³-hybridized carbons (Fsp3) is 0.308. The Morgan fingerprint density at radius 1 is 1.24 bits per heavy atom. The number of likely N-dealkylation sites (N-methyl/N-ethyl adjacent to an activating group) is 1. The number of fused-ring (bicyclic) bond motifs is 2. The highest BCUT2D eigenvalue weighted by molar-refractivity contribution is 9.10. The Hall–Kier alpha value is -3.10. The monoisotopic (exact) mass is 525 g/mol. The molecule has 0 aliphatic carbocycles. The summed E-state index contributed by atoms with van der Waals surface area (Å²) in [5, 5.41) is 7.76. The van der Waals surface area contributed by atoms with Crippen LogP contribution in [0.2, 0.25) is 0 Å². The minimum Gasteiger partial charge on any atom is -0.496 e. The average Bonchev–Trinajstić information content (AvgIpc) is 2.95. The number of methoxy groups -OCH3 is 1. The van der Waals surface area contributed by atoms with Gasteiger partial charge in [0.15, 0.2) is 0 Å². The van der Waals surface area contributed by atoms with E-state index in [1.807, 2.05) is 55.5 Å². The highest BCUT2D eigenvalue weighted by atomic mass is 79.9. The summed E-state index contributed by atoms with van der Waals surface area (Å²) >= 11 is 3.53. The number of nitrogens with one attached hydrogen (secondary N) is 2. The number of benzene rings is 3. The molecule has 0 saturated carbocycles. The number of anilines is 1. The molecule has 0 bridgehead atoms. The third-order valence-electron chi connectivity index (χ3n) is 6.11. The molecule has 3 aromatic rings. The predicted molar refractivity (Wildman–Crippen MR) is 137 cm³/mol. The number of carbonyl (C=O) groups is 2. The number of hydrogen-bond donors (Lipinski definition) is 2. The standard InChI is InChI=1S/C26H28BrN3O4/c1-15-5-9-22-24(11-15)34-14-21(29-25(31)16(2)28-3)26(32)30(22)13-20-19-8-7-18(27)12-17(19)6-10-23(20)33-4/h5-12,16,21,28H,13-14H2,1-4H3,(H,29,31). The fourth-order valence-corrected chi connectivity index (χ4v) is 4.44. The molecule has 0 spiro atoms. The van der Waals surface area contributed by atoms with Gasteiger partial charge in [-0.1, -0.05) is 34.1 Å². The third-order valence-corrected chi connectivity index (χ3v) is 6.60. The summed E-state index contributed by atoms with van der Waals surface area (Å²) in [6.45, 7) is 4.02. The number of hydrogen-bond acceptors (Lipinski definition) is 5. The van der Waals surface area contributed by atoms with Crippen molar-refractivity contribution < 1.29 is 19.1 Å². The Morgan fingerprint density at radius 2 is 2.03 bits per heavy atom. The van der Waals surface area contributed by atoms with E-state index in [0.29, 0.717) is 17.2 Å². The number of nitrogens with zero attached hydrogens (tertiary/aromatic N) is 1. The Bertz CT molecular complexity index is 1250. The number of amides is 2. The van der Waals surface area contributed by atoms with Crippen molar-refractivity contribution in [2.24, 2.45) is 0 Å². The molecule has 1 aliphatic heterocycles. The van der Waals surface area contributed by atoms with Gasteiger partial charge in [0.05, 0.1) is 25.4 Å². The van der Waals surface area contributed by atoms with E-state index in [0.717, 1.165) is 26.4 Å². The van der Waals surface area contributed by atoms with Crippen molar-refractivity contribution in [1.82, 2.24) is 10.6 Å². The van der Waals surface area contributed by atoms with Gasteiger partial charge in [-0.15, -0.1) is 0 Å². The van der Waals surface area contributed by atoms with Gasteiger partial charge in [-0.2, -0.15) is 0 Å². The van der Waals surface area contributed by atoms with Crippen LogP contribution in [0.1, 0.15) is 18.1 Å². The van der Waals surface area contributed by atoms with Crippen molar-refractivity contribution in [3.8, 4) is 11.5 Å². The molecule has 8 heteroatoms. The van der Waals surface area contributed by atoms with Crippen molar-refractivity contribution in [3.63, 3.8) is 0 Å². The number of ether oxygens (including phenoxy) is 2. The number of carbonyl (C=O) groups excluding carboxylic acids is 2. The lowest BCUT2D eigenvalue weighted by Gasteiger charge is -2.27. The number of halogens is 1. The van der Waals surface area contributed by atoms with Gasteiger partial charge < -0.3 is 25.0 Å². The molecule has 7 nitrogen and oxygen atoms in total. The van der Waals surface area contributed by atoms with E-state index in [9.17, 15) is 9.59 Å². The lowest BCUT2D eigenvalue weighted by Crippen LogP contribution is -2.53. The number of aryl methyl sites for hydroxylation is 1. The zero-order chi connectivity index (χ0) is 24.4. The molecule has 2 atom stereocenters. The Kier molecular flexibility index (Phi) is 7.09. The normalized spacial score (nSPS) is 16.4. The SMILES string of the molecule is CNC(C)C(=O)NC1COc2cc(C)ccc2N(Cc2c(OC)ccc3cc(Br)ccc23)C1=O. The summed E-state index contributed by atoms with van der Waals surface area (Å²) in [6.07, 6.45) is 0. The molecule has 2 unspecified atom stereocenters. The summed E-state index contributed by atoms with van der Waals surface area (Å²) < 4.78 is 12.7. The maximum atomic E-state index is 13.8. The van der Waals surface area contributed by atoms with Gasteiger partial charge >= 0.3 is 0 Å². The summed E-state index contributed by atoms with van der Waals surface area (Å²) in [4.78, 5) is 28.0. The fourth-order valence-electron chi connectivity index (χ4n) is 4.06. The first-order chi connectivity index (χ1) is 16.3. The van der Waals surface area contributed by atoms with Gasteiger partial charge in [-0.25, -0.2) is 0 Å². The molecule has 178 valence electrons. The second-order valence-corrected chi connectivity index (χ2v) is 9.31. The van der Waals surface area contributed by atoms with E-state index in [2.05, 4.69) is 26.6 Å². The van der Waals surface area contributed by atoms with E-state index < -0.39 is 12.1 Å². The second kappa shape index (κ2) is 10.0. The van der Waals surface area contributed by atoms with Crippen LogP contribution in [-0.4, -0.2) is 44.7 Å². The molecular weight excluding hydrogens is 498 g/mol. The van der Waals surface area contributed by atoms with Crippen molar-refractivity contribution >= 4 is 44.2 Å². The third kappa shape index (κ3) is 4.74. The minimum absolute atomic E-state index is 0.0492. The molecular formula is C26H28BrN3O4. The molecule has 1 heterocycles. The molecule has 0 saturated heterocycles. The molecule has 2 amide bonds. The maximum Gasteiger partial charge on any atom is 0.253 e. The maximum absolute atomic E-state index is 13.8. The van der Waals surface area contributed by atoms with Crippen LogP contribution in [0.4, 0.5) is 5.69 Å². The molecule has 1 aliphatic rings. The van der Waals surface area contributed by atoms with E-state index in [1.165, 1.54) is 0 Å². The van der Waals surface area contributed by atoms with E-state index in [4.69, 9.17) is 9.47 Å². The molecule has 0 radical (unpaired) electrons. The first kappa shape index (κ1) is 24.0. The molecule has 3 aromatic carbocycles. The Morgan fingerprint density at radius 3 is 2.76 bits per heavy atom. The van der Waals surface area contributed by atoms with Gasteiger partial charge in [-0.05, 0) is 67.6 Å². The highest BCUT2D eigenvalue weighted by Crippen LogP contribution is 2.37. The largest absolute Gasteiger partial charge is 0.496 e. The molecule has 2 N–H and O–H groups in total. The van der Waals surface area contributed by atoms with E-state index in [1.54, 1.807) is 26.0 Å². The summed E-state index contributed by atoms with van der Waals surface area (Å²) in [7, 11) is 3.32. The van der Waals surface area contributed by atoms with Crippen LogP contribution in [0.3, 0.4) is 0 Å².